The Balaban J connectivity index is 5.21. The first-order chi connectivity index (χ1) is 40.9. The van der Waals surface area contributed by atoms with Gasteiger partial charge < -0.3 is 33.8 Å². The number of hydrogen-bond acceptors (Lipinski definition) is 15. The van der Waals surface area contributed by atoms with Crippen molar-refractivity contribution in [2.45, 2.75) is 349 Å². The zero-order valence-electron chi connectivity index (χ0n) is 54.9. The maximum absolute atomic E-state index is 13.0. The van der Waals surface area contributed by atoms with Gasteiger partial charge in [0.2, 0.25) is 0 Å². The largest absolute Gasteiger partial charge is 0.472 e. The van der Waals surface area contributed by atoms with Crippen molar-refractivity contribution in [3.8, 4) is 0 Å². The SMILES string of the molecule is CCCCCCCCCCCCCCC(=O)OC[C@H](COP(=O)(O)OC[C@@H](O)COP(=O)(O)OC[C@@H](COC(=O)CCCCCCCCC)OC(=O)CCCCCCCCC(C)CC)OC(=O)CCCCCCCCCCCCCCCC(C)C. The minimum atomic E-state index is -4.95. The van der Waals surface area contributed by atoms with E-state index in [2.05, 4.69) is 41.5 Å². The van der Waals surface area contributed by atoms with Crippen LogP contribution in [0.2, 0.25) is 0 Å². The third kappa shape index (κ3) is 59.5. The molecule has 0 rings (SSSR count). The molecule has 85 heavy (non-hydrogen) atoms. The Hall–Kier alpha value is -1.94. The first kappa shape index (κ1) is 83.1. The molecule has 0 heterocycles. The highest BCUT2D eigenvalue weighted by atomic mass is 31.2. The minimum Gasteiger partial charge on any atom is -0.462 e. The van der Waals surface area contributed by atoms with E-state index in [-0.39, 0.29) is 25.7 Å². The Kier molecular flexibility index (Phi) is 57.1. The van der Waals surface area contributed by atoms with Crippen LogP contribution in [0.15, 0.2) is 0 Å². The second-order valence-electron chi connectivity index (χ2n) is 24.6. The number of aliphatic hydroxyl groups excluding tert-OH is 1. The van der Waals surface area contributed by atoms with E-state index < -0.39 is 97.5 Å². The number of rotatable bonds is 65. The number of phosphoric ester groups is 2. The summed E-state index contributed by atoms with van der Waals surface area (Å²) in [6.45, 7) is 9.44. The van der Waals surface area contributed by atoms with E-state index in [9.17, 15) is 43.2 Å². The fourth-order valence-electron chi connectivity index (χ4n) is 9.85. The second-order valence-corrected chi connectivity index (χ2v) is 27.5. The van der Waals surface area contributed by atoms with Crippen molar-refractivity contribution in [1.29, 1.82) is 0 Å². The van der Waals surface area contributed by atoms with Gasteiger partial charge in [-0.05, 0) is 37.5 Å². The normalized spacial score (nSPS) is 14.6. The molecule has 0 aromatic carbocycles. The van der Waals surface area contributed by atoms with E-state index in [0.29, 0.717) is 25.7 Å². The lowest BCUT2D eigenvalue weighted by Gasteiger charge is -2.21. The smallest absolute Gasteiger partial charge is 0.462 e. The van der Waals surface area contributed by atoms with Gasteiger partial charge in [0.15, 0.2) is 12.2 Å². The van der Waals surface area contributed by atoms with Gasteiger partial charge in [-0.25, -0.2) is 9.13 Å². The van der Waals surface area contributed by atoms with Crippen molar-refractivity contribution in [3.05, 3.63) is 0 Å². The molecule has 0 amide bonds. The number of aliphatic hydroxyl groups is 1. The molecule has 19 heteroatoms. The van der Waals surface area contributed by atoms with E-state index in [1.54, 1.807) is 0 Å². The van der Waals surface area contributed by atoms with E-state index in [4.69, 9.17) is 37.0 Å². The zero-order chi connectivity index (χ0) is 62.9. The summed E-state index contributed by atoms with van der Waals surface area (Å²) in [7, 11) is -9.89. The predicted molar refractivity (Wildman–Crippen MR) is 340 cm³/mol. The van der Waals surface area contributed by atoms with Gasteiger partial charge in [0.25, 0.3) is 0 Å². The first-order valence-corrected chi connectivity index (χ1v) is 37.5. The maximum atomic E-state index is 13.0. The molecular weight excluding hydrogens is 1130 g/mol. The molecule has 0 saturated heterocycles. The number of hydrogen-bond donors (Lipinski definition) is 3. The van der Waals surface area contributed by atoms with Gasteiger partial charge >= 0.3 is 39.5 Å². The average molecular weight is 1260 g/mol. The Morgan fingerprint density at radius 1 is 0.341 bits per heavy atom. The van der Waals surface area contributed by atoms with Gasteiger partial charge in [-0.1, -0.05) is 279 Å². The van der Waals surface area contributed by atoms with Crippen LogP contribution >= 0.6 is 15.6 Å². The van der Waals surface area contributed by atoms with E-state index in [1.165, 1.54) is 135 Å². The highest BCUT2D eigenvalue weighted by Gasteiger charge is 2.30. The fourth-order valence-corrected chi connectivity index (χ4v) is 11.4. The predicted octanol–water partition coefficient (Wildman–Crippen LogP) is 18.4. The summed E-state index contributed by atoms with van der Waals surface area (Å²) in [4.78, 5) is 72.2. The minimum absolute atomic E-state index is 0.103. The molecular formula is C66H128O17P2. The molecule has 0 radical (unpaired) electrons. The maximum Gasteiger partial charge on any atom is 0.472 e. The third-order valence-corrected chi connectivity index (χ3v) is 17.5. The van der Waals surface area contributed by atoms with Crippen LogP contribution in [0.25, 0.3) is 0 Å². The van der Waals surface area contributed by atoms with Crippen molar-refractivity contribution in [2.75, 3.05) is 39.6 Å². The molecule has 0 fully saturated rings. The van der Waals surface area contributed by atoms with Crippen molar-refractivity contribution >= 4 is 39.5 Å². The summed E-state index contributed by atoms with van der Waals surface area (Å²) in [6, 6.07) is 0. The lowest BCUT2D eigenvalue weighted by Crippen LogP contribution is -2.30. The Morgan fingerprint density at radius 3 is 0.894 bits per heavy atom. The monoisotopic (exact) mass is 1250 g/mol. The van der Waals surface area contributed by atoms with Crippen LogP contribution in [0.3, 0.4) is 0 Å². The number of esters is 4. The number of unbranched alkanes of at least 4 members (excludes halogenated alkanes) is 34. The fraction of sp³-hybridized carbons (Fsp3) is 0.939. The van der Waals surface area contributed by atoms with Crippen LogP contribution in [0.4, 0.5) is 0 Å². The van der Waals surface area contributed by atoms with Crippen LogP contribution in [-0.2, 0) is 65.4 Å². The van der Waals surface area contributed by atoms with E-state index in [1.807, 2.05) is 0 Å². The number of carbonyl (C=O) groups is 4. The van der Waals surface area contributed by atoms with E-state index >= 15 is 0 Å². The zero-order valence-corrected chi connectivity index (χ0v) is 56.7. The Bertz CT molecular complexity index is 1670. The van der Waals surface area contributed by atoms with Crippen molar-refractivity contribution in [1.82, 2.24) is 0 Å². The molecule has 0 saturated carbocycles. The van der Waals surface area contributed by atoms with Crippen molar-refractivity contribution < 1.29 is 80.2 Å². The van der Waals surface area contributed by atoms with Crippen molar-refractivity contribution in [2.24, 2.45) is 11.8 Å². The summed E-state index contributed by atoms with van der Waals surface area (Å²) in [6.07, 6.45) is 41.8. The molecule has 0 aromatic heterocycles. The number of ether oxygens (including phenoxy) is 4. The molecule has 3 unspecified atom stereocenters. The topological polar surface area (TPSA) is 237 Å². The van der Waals surface area contributed by atoms with Gasteiger partial charge in [0, 0.05) is 25.7 Å². The van der Waals surface area contributed by atoms with Crippen LogP contribution in [0.1, 0.15) is 330 Å². The van der Waals surface area contributed by atoms with E-state index in [0.717, 1.165) is 115 Å². The lowest BCUT2D eigenvalue weighted by atomic mass is 10.00. The average Bonchev–Trinajstić information content (AvgIpc) is 3.61. The quantitative estimate of drug-likeness (QED) is 0.0222. The summed E-state index contributed by atoms with van der Waals surface area (Å²) in [5.41, 5.74) is 0. The molecule has 17 nitrogen and oxygen atoms in total. The summed E-state index contributed by atoms with van der Waals surface area (Å²) >= 11 is 0. The van der Waals surface area contributed by atoms with Gasteiger partial charge in [0.1, 0.15) is 19.3 Å². The van der Waals surface area contributed by atoms with Crippen LogP contribution in [0, 0.1) is 11.8 Å². The Labute approximate surface area is 517 Å². The molecule has 3 N–H and O–H groups in total. The highest BCUT2D eigenvalue weighted by molar-refractivity contribution is 7.47. The van der Waals surface area contributed by atoms with Gasteiger partial charge in [0.05, 0.1) is 26.4 Å². The highest BCUT2D eigenvalue weighted by Crippen LogP contribution is 2.45. The van der Waals surface area contributed by atoms with Gasteiger partial charge in [-0.2, -0.15) is 0 Å². The van der Waals surface area contributed by atoms with Crippen LogP contribution < -0.4 is 0 Å². The summed E-state index contributed by atoms with van der Waals surface area (Å²) in [5.74, 6) is -0.629. The Morgan fingerprint density at radius 2 is 0.600 bits per heavy atom. The third-order valence-electron chi connectivity index (χ3n) is 15.6. The van der Waals surface area contributed by atoms with Crippen LogP contribution in [0.5, 0.6) is 0 Å². The van der Waals surface area contributed by atoms with Gasteiger partial charge in [-0.3, -0.25) is 37.3 Å². The molecule has 0 spiro atoms. The molecule has 0 aliphatic carbocycles. The lowest BCUT2D eigenvalue weighted by molar-refractivity contribution is -0.161. The number of phosphoric acid groups is 2. The standard InChI is InChI=1S/C66H128O17P2/c1-7-10-12-14-16-17-18-23-26-30-37-43-49-64(69)77-55-61(82-65(70)50-44-38-31-27-24-21-19-20-22-25-29-34-40-46-58(4)5)56-80-84(72,73)78-52-60(67)53-79-85(74,75)81-57-62(54-76-63(68)48-42-36-28-15-13-11-8-2)83-66(71)51-45-39-33-32-35-41-47-59(6)9-3/h58-62,67H,7-57H2,1-6H3,(H,72,73)(H,74,75)/t59?,60-,61-,62-/m1/s1. The first-order valence-electron chi connectivity index (χ1n) is 34.5. The van der Waals surface area contributed by atoms with Crippen LogP contribution in [-0.4, -0.2) is 96.7 Å². The second kappa shape index (κ2) is 58.4. The van der Waals surface area contributed by atoms with Gasteiger partial charge in [-0.15, -0.1) is 0 Å². The molecule has 0 aliphatic heterocycles. The molecule has 504 valence electrons. The molecule has 0 aromatic rings. The molecule has 0 bridgehead atoms. The molecule has 0 aliphatic rings. The molecule has 6 atom stereocenters. The summed E-state index contributed by atoms with van der Waals surface area (Å²) in [5, 5.41) is 10.5. The van der Waals surface area contributed by atoms with Crippen molar-refractivity contribution in [3.63, 3.8) is 0 Å². The summed E-state index contributed by atoms with van der Waals surface area (Å²) < 4.78 is 68.0. The number of carbonyl (C=O) groups excluding carboxylic acids is 4.